The Balaban J connectivity index is 2.18. The number of hydrogen-bond donors (Lipinski definition) is 2. The number of aromatic amines is 1. The third kappa shape index (κ3) is 7.21. The smallest absolute Gasteiger partial charge is 0.263 e. The summed E-state index contributed by atoms with van der Waals surface area (Å²) in [4.78, 5) is 27.4. The summed E-state index contributed by atoms with van der Waals surface area (Å²) in [6.07, 6.45) is 7.39. The van der Waals surface area contributed by atoms with Crippen LogP contribution in [0, 0.1) is 5.92 Å². The molecule has 2 N–H and O–H groups in total. The van der Waals surface area contributed by atoms with Gasteiger partial charge in [0, 0.05) is 18.9 Å². The van der Waals surface area contributed by atoms with Gasteiger partial charge in [0.2, 0.25) is 0 Å². The molecule has 0 aliphatic rings. The lowest BCUT2D eigenvalue weighted by Gasteiger charge is -2.10. The Morgan fingerprint density at radius 2 is 1.91 bits per heavy atom. The number of rotatable bonds is 12. The summed E-state index contributed by atoms with van der Waals surface area (Å²) in [6.45, 7) is 7.06. The highest BCUT2D eigenvalue weighted by Crippen LogP contribution is 2.31. The average Bonchev–Trinajstić information content (AvgIpc) is 2.78. The van der Waals surface area contributed by atoms with Gasteiger partial charge in [0.25, 0.3) is 5.56 Å². The van der Waals surface area contributed by atoms with Gasteiger partial charge in [0.15, 0.2) is 12.6 Å². The van der Waals surface area contributed by atoms with Gasteiger partial charge >= 0.3 is 0 Å². The zero-order chi connectivity index (χ0) is 23.5. The zero-order valence-electron chi connectivity index (χ0n) is 19.0. The van der Waals surface area contributed by atoms with Gasteiger partial charge in [0.1, 0.15) is 17.1 Å². The van der Waals surface area contributed by atoms with Crippen molar-refractivity contribution in [3.05, 3.63) is 70.2 Å². The molecule has 172 valence electrons. The number of methoxy groups -OCH3 is 1. The minimum Gasteiger partial charge on any atom is -0.506 e. The molecular weight excluding hydrogens is 410 g/mol. The molecule has 1 unspecified atom stereocenters. The molecule has 1 aromatic carbocycles. The van der Waals surface area contributed by atoms with E-state index in [0.29, 0.717) is 36.0 Å². The van der Waals surface area contributed by atoms with Crippen molar-refractivity contribution < 1.29 is 24.1 Å². The molecule has 1 heterocycles. The van der Waals surface area contributed by atoms with Crippen LogP contribution >= 0.6 is 0 Å². The standard InChI is InChI=1S/C25H31NO6/c1-5-17(2)14-18(3)6-11-22(27)23-24(28)21(15-26-25(23)29)19-7-9-20(10-8-19)32-16-31-13-12-30-4/h6-11,14-15,17H,5,12-13,16H2,1-4H3,(H2,26,28,29)/b11-6+,18-14+. The maximum Gasteiger partial charge on any atom is 0.263 e. The predicted molar refractivity (Wildman–Crippen MR) is 124 cm³/mol. The molecule has 2 rings (SSSR count). The van der Waals surface area contributed by atoms with E-state index in [1.54, 1.807) is 37.5 Å². The number of aromatic nitrogens is 1. The van der Waals surface area contributed by atoms with E-state index in [2.05, 4.69) is 24.9 Å². The van der Waals surface area contributed by atoms with Crippen molar-refractivity contribution in [3.8, 4) is 22.6 Å². The molecule has 7 heteroatoms. The molecule has 32 heavy (non-hydrogen) atoms. The largest absolute Gasteiger partial charge is 0.506 e. The van der Waals surface area contributed by atoms with Crippen LogP contribution < -0.4 is 10.3 Å². The number of ketones is 1. The van der Waals surface area contributed by atoms with Crippen molar-refractivity contribution in [2.24, 2.45) is 5.92 Å². The maximum absolute atomic E-state index is 12.6. The normalized spacial score (nSPS) is 12.8. The number of nitrogens with one attached hydrogen (secondary N) is 1. The van der Waals surface area contributed by atoms with Crippen molar-refractivity contribution in [1.29, 1.82) is 0 Å². The third-order valence-electron chi connectivity index (χ3n) is 4.91. The van der Waals surface area contributed by atoms with Gasteiger partial charge in [-0.15, -0.1) is 0 Å². The summed E-state index contributed by atoms with van der Waals surface area (Å²) >= 11 is 0. The lowest BCUT2D eigenvalue weighted by molar-refractivity contribution is -0.00846. The number of H-pyrrole nitrogens is 1. The number of carbonyl (C=O) groups is 1. The molecule has 0 bridgehead atoms. The Labute approximate surface area is 188 Å². The highest BCUT2D eigenvalue weighted by molar-refractivity contribution is 6.07. The second kappa shape index (κ2) is 12.6. The highest BCUT2D eigenvalue weighted by atomic mass is 16.7. The number of benzene rings is 1. The monoisotopic (exact) mass is 441 g/mol. The topological polar surface area (TPSA) is 97.8 Å². The Hall–Kier alpha value is -3.16. The molecular formula is C25H31NO6. The first kappa shape index (κ1) is 25.1. The average molecular weight is 442 g/mol. The molecule has 0 fully saturated rings. The molecule has 0 spiro atoms. The molecule has 0 saturated carbocycles. The van der Waals surface area contributed by atoms with Crippen molar-refractivity contribution in [3.63, 3.8) is 0 Å². The first-order valence-corrected chi connectivity index (χ1v) is 10.5. The Kier molecular flexibility index (Phi) is 9.91. The third-order valence-corrected chi connectivity index (χ3v) is 4.91. The van der Waals surface area contributed by atoms with Crippen LogP contribution in [0.25, 0.3) is 11.1 Å². The van der Waals surface area contributed by atoms with Crippen LogP contribution in [0.2, 0.25) is 0 Å². The first-order chi connectivity index (χ1) is 15.4. The van der Waals surface area contributed by atoms with E-state index < -0.39 is 11.3 Å². The first-order valence-electron chi connectivity index (χ1n) is 10.5. The van der Waals surface area contributed by atoms with E-state index in [4.69, 9.17) is 14.2 Å². The van der Waals surface area contributed by atoms with Crippen LogP contribution in [0.15, 0.2) is 59.1 Å². The Bertz CT molecular complexity index is 1000. The number of pyridine rings is 1. The second-order valence-corrected chi connectivity index (χ2v) is 7.44. The minimum atomic E-state index is -0.641. The number of allylic oxidation sites excluding steroid dienone is 4. The lowest BCUT2D eigenvalue weighted by atomic mass is 10.0. The molecule has 0 saturated heterocycles. The van der Waals surface area contributed by atoms with Crippen molar-refractivity contribution in [2.75, 3.05) is 27.1 Å². The zero-order valence-corrected chi connectivity index (χ0v) is 19.0. The Morgan fingerprint density at radius 3 is 2.56 bits per heavy atom. The fourth-order valence-electron chi connectivity index (χ4n) is 2.92. The highest BCUT2D eigenvalue weighted by Gasteiger charge is 2.18. The van der Waals surface area contributed by atoms with E-state index in [0.717, 1.165) is 12.0 Å². The van der Waals surface area contributed by atoms with Crippen molar-refractivity contribution in [1.82, 2.24) is 4.98 Å². The molecule has 1 atom stereocenters. The van der Waals surface area contributed by atoms with Gasteiger partial charge in [-0.05, 0) is 36.6 Å². The molecule has 0 aliphatic carbocycles. The maximum atomic E-state index is 12.6. The van der Waals surface area contributed by atoms with Crippen LogP contribution in [-0.4, -0.2) is 43.0 Å². The fraction of sp³-hybridized carbons (Fsp3) is 0.360. The molecule has 0 aliphatic heterocycles. The van der Waals surface area contributed by atoms with Crippen LogP contribution in [0.5, 0.6) is 11.5 Å². The fourth-order valence-corrected chi connectivity index (χ4v) is 2.92. The molecule has 2 aromatic rings. The number of aromatic hydroxyl groups is 1. The molecule has 1 aromatic heterocycles. The summed E-state index contributed by atoms with van der Waals surface area (Å²) in [7, 11) is 1.59. The summed E-state index contributed by atoms with van der Waals surface area (Å²) in [5.74, 6) is 0.0517. The number of ether oxygens (including phenoxy) is 3. The van der Waals surface area contributed by atoms with Crippen molar-refractivity contribution >= 4 is 5.78 Å². The summed E-state index contributed by atoms with van der Waals surface area (Å²) < 4.78 is 15.6. The summed E-state index contributed by atoms with van der Waals surface area (Å²) in [5.41, 5.74) is 0.953. The van der Waals surface area contributed by atoms with Crippen LogP contribution in [0.1, 0.15) is 37.6 Å². The number of carbonyl (C=O) groups excluding carboxylic acids is 1. The van der Waals surface area contributed by atoms with E-state index in [1.165, 1.54) is 12.3 Å². The van der Waals surface area contributed by atoms with E-state index >= 15 is 0 Å². The summed E-state index contributed by atoms with van der Waals surface area (Å²) in [5, 5.41) is 10.7. The molecule has 0 radical (unpaired) electrons. The van der Waals surface area contributed by atoms with E-state index in [1.807, 2.05) is 6.92 Å². The van der Waals surface area contributed by atoms with Gasteiger partial charge in [-0.2, -0.15) is 0 Å². The summed E-state index contributed by atoms with van der Waals surface area (Å²) in [6, 6.07) is 6.87. The van der Waals surface area contributed by atoms with Crippen molar-refractivity contribution in [2.45, 2.75) is 27.2 Å². The molecule has 0 amide bonds. The van der Waals surface area contributed by atoms with Crippen LogP contribution in [-0.2, 0) is 9.47 Å². The van der Waals surface area contributed by atoms with Crippen LogP contribution in [0.4, 0.5) is 0 Å². The quantitative estimate of drug-likeness (QED) is 0.166. The van der Waals surface area contributed by atoms with Crippen LogP contribution in [0.3, 0.4) is 0 Å². The SMILES string of the molecule is CCC(C)/C=C(C)/C=C/C(=O)c1c(O)c(-c2ccc(OCOCCOC)cc2)c[nH]c1=O. The van der Waals surface area contributed by atoms with Gasteiger partial charge < -0.3 is 24.3 Å². The van der Waals surface area contributed by atoms with Gasteiger partial charge in [-0.3, -0.25) is 9.59 Å². The number of hydrogen-bond acceptors (Lipinski definition) is 6. The molecule has 7 nitrogen and oxygen atoms in total. The second-order valence-electron chi connectivity index (χ2n) is 7.44. The van der Waals surface area contributed by atoms with Gasteiger partial charge in [-0.1, -0.05) is 50.1 Å². The van der Waals surface area contributed by atoms with E-state index in [9.17, 15) is 14.7 Å². The Morgan fingerprint density at radius 1 is 1.19 bits per heavy atom. The predicted octanol–water partition coefficient (Wildman–Crippen LogP) is 4.48. The van der Waals surface area contributed by atoms with E-state index in [-0.39, 0.29) is 18.1 Å². The minimum absolute atomic E-state index is 0.0858. The van der Waals surface area contributed by atoms with Gasteiger partial charge in [0.05, 0.1) is 13.2 Å². The lowest BCUT2D eigenvalue weighted by Crippen LogP contribution is -2.16. The van der Waals surface area contributed by atoms with Gasteiger partial charge in [-0.25, -0.2) is 0 Å².